The first-order valence-electron chi connectivity index (χ1n) is 13.2. The largest absolute Gasteiger partial charge is 0.372 e. The van der Waals surface area contributed by atoms with E-state index in [1.165, 1.54) is 9.80 Å². The van der Waals surface area contributed by atoms with Crippen LogP contribution < -0.4 is 0 Å². The van der Waals surface area contributed by atoms with Crippen molar-refractivity contribution < 1.29 is 23.9 Å². The van der Waals surface area contributed by atoms with Crippen molar-refractivity contribution >= 4 is 23.6 Å². The SMILES string of the molecule is CC(CC(C)(C)N1C(=O)C2=C(CCCC2)C1=O)OC(C)(C)CC(C)N1C(=O)C2=C(CCCC2)C1=O. The third-order valence-electron chi connectivity index (χ3n) is 7.95. The van der Waals surface area contributed by atoms with Crippen LogP contribution in [0.3, 0.4) is 0 Å². The Morgan fingerprint density at radius 2 is 1.09 bits per heavy atom. The van der Waals surface area contributed by atoms with Crippen LogP contribution in [0.25, 0.3) is 0 Å². The average Bonchev–Trinajstić information content (AvgIpc) is 3.17. The highest BCUT2D eigenvalue weighted by molar-refractivity contribution is 6.20. The van der Waals surface area contributed by atoms with E-state index in [0.717, 1.165) is 25.7 Å². The van der Waals surface area contributed by atoms with E-state index in [4.69, 9.17) is 4.74 Å². The molecule has 0 radical (unpaired) electrons. The van der Waals surface area contributed by atoms with Crippen LogP contribution in [0.15, 0.2) is 22.3 Å². The lowest BCUT2D eigenvalue weighted by Gasteiger charge is -2.39. The molecule has 2 heterocycles. The second-order valence-electron chi connectivity index (χ2n) is 12.0. The summed E-state index contributed by atoms with van der Waals surface area (Å²) in [5, 5.41) is 0. The summed E-state index contributed by atoms with van der Waals surface area (Å²) in [4.78, 5) is 54.9. The molecule has 4 aliphatic rings. The monoisotopic (exact) mass is 484 g/mol. The topological polar surface area (TPSA) is 84.0 Å². The van der Waals surface area contributed by atoms with E-state index in [1.54, 1.807) is 0 Å². The maximum Gasteiger partial charge on any atom is 0.257 e. The van der Waals surface area contributed by atoms with Crippen molar-refractivity contribution in [1.29, 1.82) is 0 Å². The van der Waals surface area contributed by atoms with Crippen LogP contribution in [0.1, 0.15) is 106 Å². The van der Waals surface area contributed by atoms with Crippen LogP contribution >= 0.6 is 0 Å². The van der Waals surface area contributed by atoms with Gasteiger partial charge in [0, 0.05) is 33.9 Å². The standard InChI is InChI=1S/C28H40N2O5/c1-17(29-23(31)19-11-7-8-12-20(19)24(29)32)15-28(5,6)35-18(2)16-27(3,4)30-25(33)21-13-9-10-14-22(21)26(30)34/h17-18H,7-16H2,1-6H3. The first kappa shape index (κ1) is 25.8. The molecule has 2 atom stereocenters. The molecule has 0 aromatic rings. The van der Waals surface area contributed by atoms with Crippen molar-refractivity contribution in [3.8, 4) is 0 Å². The van der Waals surface area contributed by atoms with Crippen LogP contribution in [-0.2, 0) is 23.9 Å². The minimum Gasteiger partial charge on any atom is -0.372 e. The summed E-state index contributed by atoms with van der Waals surface area (Å²) >= 11 is 0. The highest BCUT2D eigenvalue weighted by Crippen LogP contribution is 2.39. The van der Waals surface area contributed by atoms with Crippen molar-refractivity contribution in [2.45, 2.75) is 129 Å². The zero-order valence-electron chi connectivity index (χ0n) is 22.2. The Bertz CT molecular complexity index is 962. The predicted molar refractivity (Wildman–Crippen MR) is 132 cm³/mol. The summed E-state index contributed by atoms with van der Waals surface area (Å²) in [7, 11) is 0. The molecule has 4 rings (SSSR count). The summed E-state index contributed by atoms with van der Waals surface area (Å²) in [6.07, 6.45) is 7.38. The fourth-order valence-corrected chi connectivity index (χ4v) is 6.68. The Kier molecular flexibility index (Phi) is 6.86. The zero-order valence-corrected chi connectivity index (χ0v) is 22.2. The van der Waals surface area contributed by atoms with E-state index in [1.807, 2.05) is 41.5 Å². The second kappa shape index (κ2) is 9.30. The lowest BCUT2D eigenvalue weighted by atomic mass is 9.93. The molecule has 0 fully saturated rings. The number of hydrogen-bond donors (Lipinski definition) is 0. The van der Waals surface area contributed by atoms with E-state index in [0.29, 0.717) is 60.8 Å². The Morgan fingerprint density at radius 1 is 0.686 bits per heavy atom. The third kappa shape index (κ3) is 4.76. The van der Waals surface area contributed by atoms with Crippen molar-refractivity contribution in [2.24, 2.45) is 0 Å². The lowest BCUT2D eigenvalue weighted by molar-refractivity contribution is -0.147. The molecular formula is C28H40N2O5. The molecule has 7 heteroatoms. The molecular weight excluding hydrogens is 444 g/mol. The lowest BCUT2D eigenvalue weighted by Crippen LogP contribution is -2.51. The van der Waals surface area contributed by atoms with Crippen LogP contribution in [0, 0.1) is 0 Å². The zero-order chi connectivity index (χ0) is 25.7. The molecule has 0 N–H and O–H groups in total. The highest BCUT2D eigenvalue weighted by Gasteiger charge is 2.47. The normalized spacial score (nSPS) is 23.4. The summed E-state index contributed by atoms with van der Waals surface area (Å²) < 4.78 is 6.42. The number of hydrogen-bond acceptors (Lipinski definition) is 5. The van der Waals surface area contributed by atoms with Crippen LogP contribution in [-0.4, -0.2) is 56.7 Å². The van der Waals surface area contributed by atoms with Gasteiger partial charge in [-0.3, -0.25) is 29.0 Å². The quantitative estimate of drug-likeness (QED) is 0.470. The molecule has 2 aliphatic carbocycles. The minimum absolute atomic E-state index is 0.135. The Morgan fingerprint density at radius 3 is 1.51 bits per heavy atom. The fourth-order valence-electron chi connectivity index (χ4n) is 6.68. The maximum atomic E-state index is 13.1. The van der Waals surface area contributed by atoms with Gasteiger partial charge < -0.3 is 4.74 Å². The molecule has 7 nitrogen and oxygen atoms in total. The molecule has 0 bridgehead atoms. The number of carbonyl (C=O) groups excluding carboxylic acids is 4. The molecule has 0 saturated carbocycles. The second-order valence-corrected chi connectivity index (χ2v) is 12.0. The van der Waals surface area contributed by atoms with Gasteiger partial charge in [0.05, 0.1) is 11.7 Å². The van der Waals surface area contributed by atoms with Crippen molar-refractivity contribution in [2.75, 3.05) is 0 Å². The number of rotatable bonds is 8. The van der Waals surface area contributed by atoms with Crippen molar-refractivity contribution in [1.82, 2.24) is 9.80 Å². The van der Waals surface area contributed by atoms with Gasteiger partial charge in [0.25, 0.3) is 23.6 Å². The van der Waals surface area contributed by atoms with Gasteiger partial charge in [-0.2, -0.15) is 0 Å². The van der Waals surface area contributed by atoms with Gasteiger partial charge in [-0.15, -0.1) is 0 Å². The van der Waals surface area contributed by atoms with Crippen molar-refractivity contribution in [3.63, 3.8) is 0 Å². The number of nitrogens with zero attached hydrogens (tertiary/aromatic N) is 2. The van der Waals surface area contributed by atoms with Gasteiger partial charge in [-0.1, -0.05) is 0 Å². The van der Waals surface area contributed by atoms with Gasteiger partial charge in [0.15, 0.2) is 0 Å². The van der Waals surface area contributed by atoms with E-state index >= 15 is 0 Å². The number of imide groups is 2. The van der Waals surface area contributed by atoms with Gasteiger partial charge in [-0.25, -0.2) is 0 Å². The van der Waals surface area contributed by atoms with E-state index in [2.05, 4.69) is 0 Å². The number of amides is 4. The first-order chi connectivity index (χ1) is 16.3. The van der Waals surface area contributed by atoms with Crippen LogP contribution in [0.4, 0.5) is 0 Å². The van der Waals surface area contributed by atoms with Crippen molar-refractivity contribution in [3.05, 3.63) is 22.3 Å². The molecule has 0 spiro atoms. The summed E-state index contributed by atoms with van der Waals surface area (Å²) in [5.41, 5.74) is 1.53. The summed E-state index contributed by atoms with van der Waals surface area (Å²) in [6.45, 7) is 11.7. The Labute approximate surface area is 208 Å². The Hall–Kier alpha value is -2.28. The van der Waals surface area contributed by atoms with Gasteiger partial charge >= 0.3 is 0 Å². The van der Waals surface area contributed by atoms with Crippen LogP contribution in [0.5, 0.6) is 0 Å². The van der Waals surface area contributed by atoms with E-state index in [-0.39, 0.29) is 35.8 Å². The van der Waals surface area contributed by atoms with E-state index in [9.17, 15) is 19.2 Å². The molecule has 0 aromatic carbocycles. The first-order valence-corrected chi connectivity index (χ1v) is 13.2. The highest BCUT2D eigenvalue weighted by atomic mass is 16.5. The predicted octanol–water partition coefficient (Wildman–Crippen LogP) is 4.60. The molecule has 35 heavy (non-hydrogen) atoms. The molecule has 0 saturated heterocycles. The summed E-state index contributed by atoms with van der Waals surface area (Å²) in [6, 6.07) is -0.284. The van der Waals surface area contributed by atoms with Crippen LogP contribution in [0.2, 0.25) is 0 Å². The molecule has 2 unspecified atom stereocenters. The maximum absolute atomic E-state index is 13.1. The molecule has 2 aliphatic heterocycles. The van der Waals surface area contributed by atoms with Gasteiger partial charge in [-0.05, 0) is 106 Å². The summed E-state index contributed by atoms with van der Waals surface area (Å²) in [5.74, 6) is -0.552. The van der Waals surface area contributed by atoms with Gasteiger partial charge in [0.2, 0.25) is 0 Å². The average molecular weight is 485 g/mol. The minimum atomic E-state index is -0.684. The Balaban J connectivity index is 1.37. The third-order valence-corrected chi connectivity index (χ3v) is 7.95. The van der Waals surface area contributed by atoms with E-state index < -0.39 is 11.1 Å². The number of carbonyl (C=O) groups is 4. The fraction of sp³-hybridized carbons (Fsp3) is 0.714. The molecule has 192 valence electrons. The smallest absolute Gasteiger partial charge is 0.257 e. The number of ether oxygens (including phenoxy) is 1. The molecule has 0 aromatic heterocycles. The molecule has 4 amide bonds. The van der Waals surface area contributed by atoms with Gasteiger partial charge in [0.1, 0.15) is 0 Å².